The molecule has 1 aromatic rings. The molecular weight excluding hydrogens is 306 g/mol. The van der Waals surface area contributed by atoms with Crippen LogP contribution in [0, 0.1) is 5.92 Å². The second-order valence-electron chi connectivity index (χ2n) is 6.30. The number of imide groups is 1. The van der Waals surface area contributed by atoms with Crippen LogP contribution in [0.4, 0.5) is 10.5 Å². The highest BCUT2D eigenvalue weighted by atomic mass is 16.2. The Morgan fingerprint density at radius 3 is 2.25 bits per heavy atom. The fourth-order valence-electron chi connectivity index (χ4n) is 2.87. The van der Waals surface area contributed by atoms with Gasteiger partial charge in [0.1, 0.15) is 12.6 Å². The Kier molecular flexibility index (Phi) is 5.59. The number of rotatable bonds is 6. The Bertz CT molecular complexity index is 633. The van der Waals surface area contributed by atoms with Gasteiger partial charge in [-0.1, -0.05) is 45.9 Å². The highest BCUT2D eigenvalue weighted by Crippen LogP contribution is 2.23. The summed E-state index contributed by atoms with van der Waals surface area (Å²) < 4.78 is 0. The Labute approximate surface area is 142 Å². The van der Waals surface area contributed by atoms with Crippen molar-refractivity contribution in [2.24, 2.45) is 5.92 Å². The Balaban J connectivity index is 2.12. The number of nitrogens with one attached hydrogen (secondary N) is 2. The number of para-hydroxylation sites is 1. The molecule has 24 heavy (non-hydrogen) atoms. The van der Waals surface area contributed by atoms with E-state index in [0.29, 0.717) is 0 Å². The predicted octanol–water partition coefficient (Wildman–Crippen LogP) is 2.33. The van der Waals surface area contributed by atoms with Gasteiger partial charge in [0, 0.05) is 5.69 Å². The molecule has 1 atom stereocenters. The Morgan fingerprint density at radius 2 is 1.79 bits per heavy atom. The molecule has 1 aromatic carbocycles. The van der Waals surface area contributed by atoms with Crippen molar-refractivity contribution < 1.29 is 14.4 Å². The summed E-state index contributed by atoms with van der Waals surface area (Å²) in [6, 6.07) is 4.85. The number of aryl methyl sites for hydroxylation is 2. The van der Waals surface area contributed by atoms with E-state index in [1.54, 1.807) is 0 Å². The molecule has 1 fully saturated rings. The van der Waals surface area contributed by atoms with Crippen LogP contribution in [0.5, 0.6) is 0 Å². The average molecular weight is 331 g/mol. The number of hydrogen-bond donors (Lipinski definition) is 2. The second kappa shape index (κ2) is 7.47. The van der Waals surface area contributed by atoms with Gasteiger partial charge in [-0.15, -0.1) is 0 Å². The zero-order valence-corrected chi connectivity index (χ0v) is 14.7. The number of amides is 4. The van der Waals surface area contributed by atoms with Crippen LogP contribution in [0.2, 0.25) is 0 Å². The van der Waals surface area contributed by atoms with Gasteiger partial charge in [-0.25, -0.2) is 4.79 Å². The first-order valence-electron chi connectivity index (χ1n) is 8.41. The van der Waals surface area contributed by atoms with Crippen LogP contribution in [0.1, 0.15) is 38.8 Å². The zero-order chi connectivity index (χ0) is 17.9. The Hall–Kier alpha value is -2.37. The summed E-state index contributed by atoms with van der Waals surface area (Å²) in [4.78, 5) is 37.6. The summed E-state index contributed by atoms with van der Waals surface area (Å²) in [5.74, 6) is -0.717. The highest BCUT2D eigenvalue weighted by molar-refractivity contribution is 6.08. The van der Waals surface area contributed by atoms with Crippen LogP contribution >= 0.6 is 0 Å². The molecule has 0 radical (unpaired) electrons. The van der Waals surface area contributed by atoms with E-state index >= 15 is 0 Å². The molecule has 1 unspecified atom stereocenters. The number of carbonyl (C=O) groups excluding carboxylic acids is 3. The molecule has 2 rings (SSSR count). The molecule has 130 valence electrons. The van der Waals surface area contributed by atoms with E-state index < -0.39 is 12.1 Å². The minimum absolute atomic E-state index is 0.0120. The summed E-state index contributed by atoms with van der Waals surface area (Å²) >= 11 is 0. The predicted molar refractivity (Wildman–Crippen MR) is 92.7 cm³/mol. The first kappa shape index (κ1) is 18.0. The molecule has 0 bridgehead atoms. The van der Waals surface area contributed by atoms with Gasteiger partial charge in [-0.3, -0.25) is 14.5 Å². The van der Waals surface area contributed by atoms with Crippen LogP contribution in [0.15, 0.2) is 18.2 Å². The highest BCUT2D eigenvalue weighted by Gasteiger charge is 2.40. The number of benzene rings is 1. The SMILES string of the molecule is CCc1cccc(CC)c1NC(=O)CN1C(=O)NC(C(C)C)C1=O. The van der Waals surface area contributed by atoms with Gasteiger partial charge in [0.05, 0.1) is 0 Å². The van der Waals surface area contributed by atoms with E-state index in [9.17, 15) is 14.4 Å². The third-order valence-corrected chi connectivity index (χ3v) is 4.29. The van der Waals surface area contributed by atoms with Crippen molar-refractivity contribution in [2.45, 2.75) is 46.6 Å². The van der Waals surface area contributed by atoms with Crippen molar-refractivity contribution in [1.29, 1.82) is 0 Å². The van der Waals surface area contributed by atoms with E-state index in [4.69, 9.17) is 0 Å². The van der Waals surface area contributed by atoms with Crippen molar-refractivity contribution in [2.75, 3.05) is 11.9 Å². The van der Waals surface area contributed by atoms with Crippen molar-refractivity contribution in [3.63, 3.8) is 0 Å². The van der Waals surface area contributed by atoms with Crippen molar-refractivity contribution in [3.05, 3.63) is 29.3 Å². The first-order valence-corrected chi connectivity index (χ1v) is 8.41. The zero-order valence-electron chi connectivity index (χ0n) is 14.7. The van der Waals surface area contributed by atoms with Crippen LogP contribution in [0.3, 0.4) is 0 Å². The van der Waals surface area contributed by atoms with Crippen molar-refractivity contribution in [3.8, 4) is 0 Å². The van der Waals surface area contributed by atoms with Gasteiger partial charge in [-0.05, 0) is 29.9 Å². The number of hydrogen-bond acceptors (Lipinski definition) is 3. The molecular formula is C18H25N3O3. The standard InChI is InChI=1S/C18H25N3O3/c1-5-12-8-7-9-13(6-2)16(12)19-14(22)10-21-17(23)15(11(3)4)20-18(21)24/h7-9,11,15H,5-6,10H2,1-4H3,(H,19,22)(H,20,24). The van der Waals surface area contributed by atoms with Gasteiger partial charge in [0.15, 0.2) is 0 Å². The molecule has 1 saturated heterocycles. The second-order valence-corrected chi connectivity index (χ2v) is 6.30. The lowest BCUT2D eigenvalue weighted by Crippen LogP contribution is -2.39. The number of urea groups is 1. The third-order valence-electron chi connectivity index (χ3n) is 4.29. The molecule has 2 N–H and O–H groups in total. The molecule has 0 aromatic heterocycles. The molecule has 6 nitrogen and oxygen atoms in total. The normalized spacial score (nSPS) is 17.4. The summed E-state index contributed by atoms with van der Waals surface area (Å²) in [5, 5.41) is 5.51. The fourth-order valence-corrected chi connectivity index (χ4v) is 2.87. The summed E-state index contributed by atoms with van der Waals surface area (Å²) in [7, 11) is 0. The molecule has 1 aliphatic rings. The molecule has 0 spiro atoms. The monoisotopic (exact) mass is 331 g/mol. The minimum Gasteiger partial charge on any atom is -0.326 e. The van der Waals surface area contributed by atoms with Crippen LogP contribution in [-0.4, -0.2) is 35.3 Å². The molecule has 6 heteroatoms. The van der Waals surface area contributed by atoms with Gasteiger partial charge >= 0.3 is 6.03 Å². The number of anilines is 1. The Morgan fingerprint density at radius 1 is 1.21 bits per heavy atom. The van der Waals surface area contributed by atoms with Crippen molar-refractivity contribution >= 4 is 23.5 Å². The van der Waals surface area contributed by atoms with Gasteiger partial charge in [0.2, 0.25) is 5.91 Å². The third kappa shape index (κ3) is 3.58. The minimum atomic E-state index is -0.556. The smallest absolute Gasteiger partial charge is 0.325 e. The largest absolute Gasteiger partial charge is 0.326 e. The molecule has 4 amide bonds. The molecule has 0 saturated carbocycles. The molecule has 0 aliphatic carbocycles. The van der Waals surface area contributed by atoms with Crippen LogP contribution < -0.4 is 10.6 Å². The van der Waals surface area contributed by atoms with Gasteiger partial charge in [0.25, 0.3) is 5.91 Å². The number of carbonyl (C=O) groups is 3. The molecule has 1 aliphatic heterocycles. The molecule has 1 heterocycles. The summed E-state index contributed by atoms with van der Waals surface area (Å²) in [5.41, 5.74) is 2.87. The average Bonchev–Trinajstić information content (AvgIpc) is 2.83. The summed E-state index contributed by atoms with van der Waals surface area (Å²) in [6.07, 6.45) is 1.59. The fraction of sp³-hybridized carbons (Fsp3) is 0.500. The number of nitrogens with zero attached hydrogens (tertiary/aromatic N) is 1. The maximum Gasteiger partial charge on any atom is 0.325 e. The van der Waals surface area contributed by atoms with E-state index in [2.05, 4.69) is 10.6 Å². The topological polar surface area (TPSA) is 78.5 Å². The van der Waals surface area contributed by atoms with Crippen molar-refractivity contribution in [1.82, 2.24) is 10.2 Å². The van der Waals surface area contributed by atoms with E-state index in [-0.39, 0.29) is 24.3 Å². The lowest BCUT2D eigenvalue weighted by atomic mass is 10.0. The quantitative estimate of drug-likeness (QED) is 0.785. The van der Waals surface area contributed by atoms with E-state index in [0.717, 1.165) is 34.6 Å². The van der Waals surface area contributed by atoms with E-state index in [1.165, 1.54) is 0 Å². The maximum atomic E-state index is 12.4. The van der Waals surface area contributed by atoms with Crippen LogP contribution in [-0.2, 0) is 22.4 Å². The maximum absolute atomic E-state index is 12.4. The van der Waals surface area contributed by atoms with E-state index in [1.807, 2.05) is 45.9 Å². The van der Waals surface area contributed by atoms with Crippen LogP contribution in [0.25, 0.3) is 0 Å². The lowest BCUT2D eigenvalue weighted by Gasteiger charge is -2.17. The summed E-state index contributed by atoms with van der Waals surface area (Å²) in [6.45, 7) is 7.49. The first-order chi connectivity index (χ1) is 11.4. The van der Waals surface area contributed by atoms with Gasteiger partial charge < -0.3 is 10.6 Å². The lowest BCUT2D eigenvalue weighted by molar-refractivity contribution is -0.131. The van der Waals surface area contributed by atoms with Gasteiger partial charge in [-0.2, -0.15) is 0 Å².